The molecule has 0 fully saturated rings. The molecule has 0 atom stereocenters. The molecular formula is C12H11FO2. The van der Waals surface area contributed by atoms with Crippen molar-refractivity contribution in [1.29, 1.82) is 0 Å². The summed E-state index contributed by atoms with van der Waals surface area (Å²) >= 11 is 0. The molecule has 1 aromatic rings. The molecule has 1 N–H and O–H groups in total. The number of benzene rings is 1. The Morgan fingerprint density at radius 1 is 1.33 bits per heavy atom. The largest absolute Gasteiger partial charge is 0.478 e. The average molecular weight is 206 g/mol. The van der Waals surface area contributed by atoms with Gasteiger partial charge in [0.25, 0.3) is 0 Å². The third-order valence-corrected chi connectivity index (χ3v) is 1.76. The number of halogens is 1. The second-order valence-corrected chi connectivity index (χ2v) is 3.11. The first kappa shape index (κ1) is 11.2. The van der Waals surface area contributed by atoms with Crippen LogP contribution in [0.5, 0.6) is 0 Å². The highest BCUT2D eigenvalue weighted by atomic mass is 19.1. The van der Waals surface area contributed by atoms with E-state index in [4.69, 9.17) is 5.11 Å². The fraction of sp³-hybridized carbons (Fsp3) is 0.0833. The van der Waals surface area contributed by atoms with Gasteiger partial charge in [0, 0.05) is 6.08 Å². The van der Waals surface area contributed by atoms with E-state index in [-0.39, 0.29) is 5.82 Å². The van der Waals surface area contributed by atoms with Crippen LogP contribution in [0.15, 0.2) is 42.0 Å². The lowest BCUT2D eigenvalue weighted by molar-refractivity contribution is -0.131. The summed E-state index contributed by atoms with van der Waals surface area (Å²) in [5, 5.41) is 8.46. The van der Waals surface area contributed by atoms with Crippen molar-refractivity contribution in [1.82, 2.24) is 0 Å². The molecule has 0 amide bonds. The standard InChI is InChI=1S/C12H11FO2/c1-9(8-12(14)15)2-3-10-4-6-11(13)7-5-10/h2-8H,1H3,(H,14,15)/b3-2+,9-8+. The molecule has 0 spiro atoms. The summed E-state index contributed by atoms with van der Waals surface area (Å²) in [5.74, 6) is -1.26. The highest BCUT2D eigenvalue weighted by Gasteiger charge is 1.91. The van der Waals surface area contributed by atoms with E-state index in [0.29, 0.717) is 5.57 Å². The Hall–Kier alpha value is -1.90. The molecule has 3 heteroatoms. The van der Waals surface area contributed by atoms with Gasteiger partial charge in [-0.15, -0.1) is 0 Å². The molecule has 0 saturated carbocycles. The van der Waals surface area contributed by atoms with Gasteiger partial charge in [0.05, 0.1) is 0 Å². The topological polar surface area (TPSA) is 37.3 Å². The summed E-state index contributed by atoms with van der Waals surface area (Å²) in [6, 6.07) is 5.96. The SMILES string of the molecule is CC(/C=C/c1ccc(F)cc1)=C\C(=O)O. The van der Waals surface area contributed by atoms with E-state index in [1.807, 2.05) is 0 Å². The lowest BCUT2D eigenvalue weighted by Crippen LogP contribution is -1.87. The molecule has 0 bridgehead atoms. The van der Waals surface area contributed by atoms with Gasteiger partial charge in [-0.2, -0.15) is 0 Å². The van der Waals surface area contributed by atoms with Gasteiger partial charge in [-0.25, -0.2) is 9.18 Å². The number of hydrogen-bond donors (Lipinski definition) is 1. The van der Waals surface area contributed by atoms with E-state index < -0.39 is 5.97 Å². The lowest BCUT2D eigenvalue weighted by Gasteiger charge is -1.93. The lowest BCUT2D eigenvalue weighted by atomic mass is 10.1. The molecule has 0 aromatic heterocycles. The average Bonchev–Trinajstić information content (AvgIpc) is 2.16. The molecule has 78 valence electrons. The van der Waals surface area contributed by atoms with Crippen LogP contribution in [0, 0.1) is 5.82 Å². The number of aliphatic carboxylic acids is 1. The van der Waals surface area contributed by atoms with Gasteiger partial charge in [-0.05, 0) is 30.2 Å². The minimum atomic E-state index is -0.976. The first-order valence-electron chi connectivity index (χ1n) is 4.43. The highest BCUT2D eigenvalue weighted by Crippen LogP contribution is 2.06. The van der Waals surface area contributed by atoms with Crippen molar-refractivity contribution in [2.45, 2.75) is 6.92 Å². The molecule has 1 aromatic carbocycles. The summed E-state index contributed by atoms with van der Waals surface area (Å²) in [6.07, 6.45) is 4.51. The highest BCUT2D eigenvalue weighted by molar-refractivity contribution is 5.81. The molecule has 0 unspecified atom stereocenters. The quantitative estimate of drug-likeness (QED) is 0.610. The van der Waals surface area contributed by atoms with E-state index >= 15 is 0 Å². The van der Waals surface area contributed by atoms with Crippen LogP contribution in [0.2, 0.25) is 0 Å². The molecule has 0 saturated heterocycles. The van der Waals surface area contributed by atoms with Crippen molar-refractivity contribution in [3.63, 3.8) is 0 Å². The number of allylic oxidation sites excluding steroid dienone is 2. The first-order chi connectivity index (χ1) is 7.08. The van der Waals surface area contributed by atoms with Gasteiger partial charge in [0.2, 0.25) is 0 Å². The molecule has 0 radical (unpaired) electrons. The number of carboxylic acid groups (broad SMARTS) is 1. The zero-order valence-electron chi connectivity index (χ0n) is 8.27. The molecule has 2 nitrogen and oxygen atoms in total. The molecule has 15 heavy (non-hydrogen) atoms. The molecule has 1 rings (SSSR count). The number of rotatable bonds is 3. The van der Waals surface area contributed by atoms with Crippen LogP contribution in [0.25, 0.3) is 6.08 Å². The van der Waals surface area contributed by atoms with Crippen molar-refractivity contribution >= 4 is 12.0 Å². The maximum Gasteiger partial charge on any atom is 0.328 e. The fourth-order valence-corrected chi connectivity index (χ4v) is 1.04. The van der Waals surface area contributed by atoms with Crippen molar-refractivity contribution < 1.29 is 14.3 Å². The predicted octanol–water partition coefficient (Wildman–Crippen LogP) is 2.87. The van der Waals surface area contributed by atoms with Crippen LogP contribution < -0.4 is 0 Å². The molecule has 0 aliphatic carbocycles. The summed E-state index contributed by atoms with van der Waals surface area (Å²) < 4.78 is 12.5. The molecule has 0 aliphatic rings. The number of carbonyl (C=O) groups is 1. The second kappa shape index (κ2) is 5.10. The Morgan fingerprint density at radius 3 is 2.47 bits per heavy atom. The van der Waals surface area contributed by atoms with Crippen LogP contribution in [-0.4, -0.2) is 11.1 Å². The maximum absolute atomic E-state index is 12.5. The van der Waals surface area contributed by atoms with Gasteiger partial charge in [-0.3, -0.25) is 0 Å². The van der Waals surface area contributed by atoms with Gasteiger partial charge < -0.3 is 5.11 Å². The van der Waals surface area contributed by atoms with E-state index in [1.54, 1.807) is 31.2 Å². The van der Waals surface area contributed by atoms with E-state index in [9.17, 15) is 9.18 Å². The van der Waals surface area contributed by atoms with Gasteiger partial charge >= 0.3 is 5.97 Å². The summed E-state index contributed by atoms with van der Waals surface area (Å²) in [7, 11) is 0. The third-order valence-electron chi connectivity index (χ3n) is 1.76. The minimum Gasteiger partial charge on any atom is -0.478 e. The Balaban J connectivity index is 2.73. The summed E-state index contributed by atoms with van der Waals surface area (Å²) in [5.41, 5.74) is 1.46. The molecule has 0 aliphatic heterocycles. The normalized spacial score (nSPS) is 12.0. The van der Waals surface area contributed by atoms with Crippen molar-refractivity contribution in [2.75, 3.05) is 0 Å². The minimum absolute atomic E-state index is 0.287. The van der Waals surface area contributed by atoms with Crippen LogP contribution in [0.4, 0.5) is 4.39 Å². The van der Waals surface area contributed by atoms with Gasteiger partial charge in [0.1, 0.15) is 5.82 Å². The van der Waals surface area contributed by atoms with Crippen molar-refractivity contribution in [2.24, 2.45) is 0 Å². The Morgan fingerprint density at radius 2 is 1.93 bits per heavy atom. The van der Waals surface area contributed by atoms with Crippen LogP contribution in [-0.2, 0) is 4.79 Å². The zero-order chi connectivity index (χ0) is 11.3. The van der Waals surface area contributed by atoms with E-state index in [2.05, 4.69) is 0 Å². The number of hydrogen-bond acceptors (Lipinski definition) is 1. The monoisotopic (exact) mass is 206 g/mol. The Bertz CT molecular complexity index is 402. The Kier molecular flexibility index (Phi) is 3.80. The number of carboxylic acids is 1. The third kappa shape index (κ3) is 4.22. The van der Waals surface area contributed by atoms with E-state index in [1.165, 1.54) is 12.1 Å². The molecule has 0 heterocycles. The van der Waals surface area contributed by atoms with Crippen molar-refractivity contribution in [3.8, 4) is 0 Å². The summed E-state index contributed by atoms with van der Waals surface area (Å²) in [4.78, 5) is 10.3. The van der Waals surface area contributed by atoms with Crippen LogP contribution in [0.3, 0.4) is 0 Å². The van der Waals surface area contributed by atoms with Gasteiger partial charge in [-0.1, -0.05) is 24.3 Å². The Labute approximate surface area is 87.4 Å². The van der Waals surface area contributed by atoms with Gasteiger partial charge in [0.15, 0.2) is 0 Å². The fourth-order valence-electron chi connectivity index (χ4n) is 1.04. The van der Waals surface area contributed by atoms with Crippen LogP contribution in [0.1, 0.15) is 12.5 Å². The first-order valence-corrected chi connectivity index (χ1v) is 4.43. The summed E-state index contributed by atoms with van der Waals surface area (Å²) in [6.45, 7) is 1.69. The van der Waals surface area contributed by atoms with E-state index in [0.717, 1.165) is 11.6 Å². The van der Waals surface area contributed by atoms with Crippen LogP contribution >= 0.6 is 0 Å². The second-order valence-electron chi connectivity index (χ2n) is 3.11. The smallest absolute Gasteiger partial charge is 0.328 e. The van der Waals surface area contributed by atoms with Crippen molar-refractivity contribution in [3.05, 3.63) is 53.4 Å². The zero-order valence-corrected chi connectivity index (χ0v) is 8.27. The predicted molar refractivity (Wildman–Crippen MR) is 56.8 cm³/mol. The maximum atomic E-state index is 12.5. The molecular weight excluding hydrogens is 195 g/mol.